The molecule has 0 aliphatic heterocycles. The van der Waals surface area contributed by atoms with Crippen LogP contribution in [0.2, 0.25) is 0 Å². The number of hydrogen-bond donors (Lipinski definition) is 2. The lowest BCUT2D eigenvalue weighted by Crippen LogP contribution is -2.42. The van der Waals surface area contributed by atoms with E-state index in [-0.39, 0.29) is 0 Å². The van der Waals surface area contributed by atoms with Gasteiger partial charge >= 0.3 is 6.03 Å². The molecule has 3 nitrogen and oxygen atoms in total. The van der Waals surface area contributed by atoms with E-state index >= 15 is 0 Å². The predicted octanol–water partition coefficient (Wildman–Crippen LogP) is 4.64. The minimum Gasteiger partial charge on any atom is -0.338 e. The lowest BCUT2D eigenvalue weighted by atomic mass is 10.1. The topological polar surface area (TPSA) is 41.1 Å². The van der Waals surface area contributed by atoms with Gasteiger partial charge in [-0.1, -0.05) is 60.3 Å². The van der Waals surface area contributed by atoms with Gasteiger partial charge in [-0.05, 0) is 30.5 Å². The summed E-state index contributed by atoms with van der Waals surface area (Å²) in [5.41, 5.74) is 0.873. The van der Waals surface area contributed by atoms with E-state index in [4.69, 9.17) is 34.8 Å². The fourth-order valence-electron chi connectivity index (χ4n) is 1.70. The highest BCUT2D eigenvalue weighted by molar-refractivity contribution is 6.68. The molecular weight excluding hydrogens is 338 g/mol. The molecule has 1 aromatic rings. The summed E-state index contributed by atoms with van der Waals surface area (Å²) in [4.78, 5) is 11.8. The van der Waals surface area contributed by atoms with Crippen LogP contribution < -0.4 is 10.6 Å². The van der Waals surface area contributed by atoms with E-state index in [1.54, 1.807) is 19.1 Å². The van der Waals surface area contributed by atoms with Crippen LogP contribution in [0.1, 0.15) is 36.9 Å². The molecule has 118 valence electrons. The molecule has 0 aliphatic carbocycles. The van der Waals surface area contributed by atoms with Crippen molar-refractivity contribution in [2.75, 3.05) is 6.54 Å². The number of aryl methyl sites for hydroxylation is 1. The van der Waals surface area contributed by atoms with Crippen LogP contribution in [0, 0.1) is 12.7 Å². The van der Waals surface area contributed by atoms with Crippen LogP contribution in [0.15, 0.2) is 18.2 Å². The molecule has 21 heavy (non-hydrogen) atoms. The Morgan fingerprint density at radius 3 is 2.57 bits per heavy atom. The summed E-state index contributed by atoms with van der Waals surface area (Å²) in [6.07, 6.45) is 1.81. The number of urea groups is 1. The molecule has 0 aromatic heterocycles. The zero-order valence-electron chi connectivity index (χ0n) is 11.9. The van der Waals surface area contributed by atoms with Gasteiger partial charge in [0.2, 0.25) is 3.79 Å². The quantitative estimate of drug-likeness (QED) is 0.586. The summed E-state index contributed by atoms with van der Waals surface area (Å²) in [5.74, 6) is -0.417. The molecule has 1 rings (SSSR count). The smallest absolute Gasteiger partial charge is 0.315 e. The van der Waals surface area contributed by atoms with Crippen molar-refractivity contribution in [3.8, 4) is 0 Å². The lowest BCUT2D eigenvalue weighted by molar-refractivity contribution is 0.237. The molecular formula is C14H18Cl3FN2O. The van der Waals surface area contributed by atoms with E-state index in [1.165, 1.54) is 6.07 Å². The fraction of sp³-hybridized carbons (Fsp3) is 0.500. The first-order chi connectivity index (χ1) is 9.75. The third-order valence-electron chi connectivity index (χ3n) is 2.95. The maximum Gasteiger partial charge on any atom is 0.315 e. The van der Waals surface area contributed by atoms with Gasteiger partial charge in [0.1, 0.15) is 11.9 Å². The number of halogens is 4. The summed E-state index contributed by atoms with van der Waals surface area (Å²) < 4.78 is 11.9. The monoisotopic (exact) mass is 354 g/mol. The van der Waals surface area contributed by atoms with Crippen LogP contribution >= 0.6 is 34.8 Å². The van der Waals surface area contributed by atoms with E-state index in [9.17, 15) is 9.18 Å². The predicted molar refractivity (Wildman–Crippen MR) is 85.6 cm³/mol. The average Bonchev–Trinajstić information content (AvgIpc) is 2.38. The Kier molecular flexibility index (Phi) is 7.04. The Morgan fingerprint density at radius 1 is 1.38 bits per heavy atom. The highest BCUT2D eigenvalue weighted by Crippen LogP contribution is 2.40. The summed E-state index contributed by atoms with van der Waals surface area (Å²) in [5, 5.41) is 5.23. The average molecular weight is 356 g/mol. The summed E-state index contributed by atoms with van der Waals surface area (Å²) in [7, 11) is 0. The van der Waals surface area contributed by atoms with Gasteiger partial charge in [0, 0.05) is 6.54 Å². The van der Waals surface area contributed by atoms with Crippen molar-refractivity contribution in [3.63, 3.8) is 0 Å². The van der Waals surface area contributed by atoms with Crippen LogP contribution in [0.3, 0.4) is 0 Å². The Hall–Kier alpha value is -0.710. The molecule has 2 amide bonds. The summed E-state index contributed by atoms with van der Waals surface area (Å²) in [6.45, 7) is 4.17. The molecule has 0 aliphatic rings. The minimum absolute atomic E-state index is 0.392. The molecule has 0 saturated heterocycles. The number of alkyl halides is 3. The molecule has 7 heteroatoms. The van der Waals surface area contributed by atoms with Crippen LogP contribution in [-0.4, -0.2) is 16.4 Å². The van der Waals surface area contributed by atoms with Crippen LogP contribution in [0.5, 0.6) is 0 Å². The van der Waals surface area contributed by atoms with Crippen molar-refractivity contribution in [2.24, 2.45) is 0 Å². The van der Waals surface area contributed by atoms with E-state index in [0.717, 1.165) is 12.8 Å². The van der Waals surface area contributed by atoms with Crippen molar-refractivity contribution in [2.45, 2.75) is 36.5 Å². The second kappa shape index (κ2) is 8.06. The van der Waals surface area contributed by atoms with Gasteiger partial charge in [-0.2, -0.15) is 0 Å². The molecule has 0 spiro atoms. The number of hydrogen-bond acceptors (Lipinski definition) is 1. The number of nitrogens with one attached hydrogen (secondary N) is 2. The molecule has 0 heterocycles. The normalized spacial score (nSPS) is 12.9. The van der Waals surface area contributed by atoms with Gasteiger partial charge in [0.15, 0.2) is 0 Å². The summed E-state index contributed by atoms with van der Waals surface area (Å²) >= 11 is 17.7. The number of rotatable bonds is 5. The standard InChI is InChI=1S/C14H18Cl3FN2O/c1-3-4-7-19-13(21)20-12(14(15,16)17)10-6-5-9(2)11(18)8-10/h5-6,8,12H,3-4,7H2,1-2H3,(H2,19,20,21)/t12-/m0/s1. The van der Waals surface area contributed by atoms with Crippen molar-refractivity contribution in [1.29, 1.82) is 0 Å². The Balaban J connectivity index is 2.86. The third-order valence-corrected chi connectivity index (χ3v) is 3.60. The Bertz CT molecular complexity index is 492. The molecule has 1 atom stereocenters. The fourth-order valence-corrected chi connectivity index (χ4v) is 2.25. The van der Waals surface area contributed by atoms with Gasteiger partial charge in [-0.15, -0.1) is 0 Å². The van der Waals surface area contributed by atoms with Gasteiger partial charge in [0.05, 0.1) is 0 Å². The minimum atomic E-state index is -1.79. The highest BCUT2D eigenvalue weighted by Gasteiger charge is 2.35. The van der Waals surface area contributed by atoms with E-state index in [1.807, 2.05) is 6.92 Å². The second-order valence-corrected chi connectivity index (χ2v) is 7.11. The van der Waals surface area contributed by atoms with Gasteiger partial charge in [-0.3, -0.25) is 0 Å². The summed E-state index contributed by atoms with van der Waals surface area (Å²) in [6, 6.07) is 3.05. The number of carbonyl (C=O) groups excluding carboxylic acids is 1. The second-order valence-electron chi connectivity index (χ2n) is 4.74. The lowest BCUT2D eigenvalue weighted by Gasteiger charge is -2.26. The number of carbonyl (C=O) groups is 1. The highest BCUT2D eigenvalue weighted by atomic mass is 35.6. The van der Waals surface area contributed by atoms with Gasteiger partial charge in [-0.25, -0.2) is 9.18 Å². The first-order valence-corrected chi connectivity index (χ1v) is 7.76. The van der Waals surface area contributed by atoms with E-state index in [0.29, 0.717) is 17.7 Å². The van der Waals surface area contributed by atoms with Crippen molar-refractivity contribution >= 4 is 40.8 Å². The molecule has 0 bridgehead atoms. The van der Waals surface area contributed by atoms with Crippen molar-refractivity contribution in [1.82, 2.24) is 10.6 Å². The molecule has 0 unspecified atom stereocenters. The zero-order chi connectivity index (χ0) is 16.0. The molecule has 2 N–H and O–H groups in total. The van der Waals surface area contributed by atoms with E-state index < -0.39 is 21.7 Å². The van der Waals surface area contributed by atoms with Gasteiger partial charge in [0.25, 0.3) is 0 Å². The number of benzene rings is 1. The van der Waals surface area contributed by atoms with Crippen LogP contribution in [0.25, 0.3) is 0 Å². The molecule has 1 aromatic carbocycles. The Labute approximate surface area is 139 Å². The third kappa shape index (κ3) is 5.89. The SMILES string of the molecule is CCCCNC(=O)N[C@@H](c1ccc(C)c(F)c1)C(Cl)(Cl)Cl. The molecule has 0 fully saturated rings. The number of unbranched alkanes of at least 4 members (excludes halogenated alkanes) is 1. The van der Waals surface area contributed by atoms with Crippen molar-refractivity contribution < 1.29 is 9.18 Å². The Morgan fingerprint density at radius 2 is 2.05 bits per heavy atom. The van der Waals surface area contributed by atoms with Gasteiger partial charge < -0.3 is 10.6 Å². The molecule has 0 radical (unpaired) electrons. The molecule has 0 saturated carbocycles. The first kappa shape index (κ1) is 18.3. The first-order valence-electron chi connectivity index (χ1n) is 6.62. The maximum atomic E-state index is 13.7. The number of amides is 2. The van der Waals surface area contributed by atoms with E-state index in [2.05, 4.69) is 10.6 Å². The maximum absolute atomic E-state index is 13.7. The van der Waals surface area contributed by atoms with Crippen LogP contribution in [0.4, 0.5) is 9.18 Å². The zero-order valence-corrected chi connectivity index (χ0v) is 14.1. The van der Waals surface area contributed by atoms with Crippen molar-refractivity contribution in [3.05, 3.63) is 35.1 Å². The van der Waals surface area contributed by atoms with Crippen LogP contribution in [-0.2, 0) is 0 Å². The largest absolute Gasteiger partial charge is 0.338 e.